The lowest BCUT2D eigenvalue weighted by atomic mass is 10.0. The van der Waals surface area contributed by atoms with Crippen molar-refractivity contribution in [3.63, 3.8) is 0 Å². The number of ether oxygens (including phenoxy) is 1. The van der Waals surface area contributed by atoms with Crippen LogP contribution in [-0.4, -0.2) is 19.8 Å². The van der Waals surface area contributed by atoms with E-state index in [-0.39, 0.29) is 6.04 Å². The smallest absolute Gasteiger partial charge is 0.0488 e. The summed E-state index contributed by atoms with van der Waals surface area (Å²) in [7, 11) is 1.72. The normalized spacial score (nSPS) is 15.9. The molecule has 0 heterocycles. The summed E-state index contributed by atoms with van der Waals surface area (Å²) in [5.74, 6) is 0.551. The van der Waals surface area contributed by atoms with Crippen molar-refractivity contribution < 1.29 is 4.74 Å². The molecule has 0 aromatic rings. The predicted octanol–water partition coefficient (Wildman–Crippen LogP) is 1.56. The van der Waals surface area contributed by atoms with E-state index >= 15 is 0 Å². The molecule has 0 aromatic heterocycles. The number of rotatable bonds is 6. The molecule has 2 heteroatoms. The molecule has 2 N–H and O–H groups in total. The Bertz CT molecular complexity index is 104. The molecule has 0 saturated heterocycles. The SMILES string of the molecule is C=CCC(N)CC(C)COC. The average Bonchev–Trinajstić information content (AvgIpc) is 1.87. The van der Waals surface area contributed by atoms with E-state index in [4.69, 9.17) is 10.5 Å². The van der Waals surface area contributed by atoms with Gasteiger partial charge in [-0.05, 0) is 18.8 Å². The van der Waals surface area contributed by atoms with Crippen molar-refractivity contribution in [1.82, 2.24) is 0 Å². The van der Waals surface area contributed by atoms with Crippen LogP contribution in [0.1, 0.15) is 19.8 Å². The van der Waals surface area contributed by atoms with Crippen LogP contribution in [0, 0.1) is 5.92 Å². The minimum Gasteiger partial charge on any atom is -0.384 e. The molecule has 0 aliphatic carbocycles. The lowest BCUT2D eigenvalue weighted by molar-refractivity contribution is 0.152. The molecule has 0 radical (unpaired) electrons. The van der Waals surface area contributed by atoms with Gasteiger partial charge in [0.1, 0.15) is 0 Å². The fourth-order valence-electron chi connectivity index (χ4n) is 1.18. The van der Waals surface area contributed by atoms with Gasteiger partial charge in [-0.2, -0.15) is 0 Å². The first kappa shape index (κ1) is 10.7. The Balaban J connectivity index is 3.39. The van der Waals surface area contributed by atoms with Crippen molar-refractivity contribution in [3.05, 3.63) is 12.7 Å². The van der Waals surface area contributed by atoms with Gasteiger partial charge in [0.15, 0.2) is 0 Å². The molecule has 0 aliphatic rings. The molecule has 0 rings (SSSR count). The quantitative estimate of drug-likeness (QED) is 0.594. The van der Waals surface area contributed by atoms with E-state index < -0.39 is 0 Å². The molecule has 0 aromatic carbocycles. The minimum atomic E-state index is 0.248. The fourth-order valence-corrected chi connectivity index (χ4v) is 1.18. The van der Waals surface area contributed by atoms with Gasteiger partial charge in [-0.15, -0.1) is 6.58 Å². The van der Waals surface area contributed by atoms with Gasteiger partial charge in [-0.1, -0.05) is 13.0 Å². The Morgan fingerprint density at radius 1 is 1.64 bits per heavy atom. The molecular weight excluding hydrogens is 138 g/mol. The third-order valence-corrected chi connectivity index (χ3v) is 1.63. The van der Waals surface area contributed by atoms with Crippen molar-refractivity contribution in [3.8, 4) is 0 Å². The van der Waals surface area contributed by atoms with Crippen LogP contribution in [0.25, 0.3) is 0 Å². The summed E-state index contributed by atoms with van der Waals surface area (Å²) in [6.07, 6.45) is 3.78. The molecule has 2 unspecified atom stereocenters. The number of methoxy groups -OCH3 is 1. The first-order chi connectivity index (χ1) is 5.20. The lowest BCUT2D eigenvalue weighted by Gasteiger charge is -2.14. The van der Waals surface area contributed by atoms with E-state index in [2.05, 4.69) is 13.5 Å². The lowest BCUT2D eigenvalue weighted by Crippen LogP contribution is -2.23. The van der Waals surface area contributed by atoms with E-state index in [1.54, 1.807) is 7.11 Å². The first-order valence-electron chi connectivity index (χ1n) is 4.06. The third-order valence-electron chi connectivity index (χ3n) is 1.63. The number of nitrogens with two attached hydrogens (primary N) is 1. The Kier molecular flexibility index (Phi) is 6.18. The van der Waals surface area contributed by atoms with Gasteiger partial charge >= 0.3 is 0 Å². The Labute approximate surface area is 69.4 Å². The maximum atomic E-state index is 5.79. The summed E-state index contributed by atoms with van der Waals surface area (Å²) >= 11 is 0. The number of hydrogen-bond acceptors (Lipinski definition) is 2. The van der Waals surface area contributed by atoms with Crippen LogP contribution in [-0.2, 0) is 4.74 Å². The topological polar surface area (TPSA) is 35.2 Å². The van der Waals surface area contributed by atoms with Gasteiger partial charge in [0.05, 0.1) is 0 Å². The van der Waals surface area contributed by atoms with Crippen molar-refractivity contribution in [2.45, 2.75) is 25.8 Å². The molecule has 0 bridgehead atoms. The Hall–Kier alpha value is -0.340. The zero-order valence-electron chi connectivity index (χ0n) is 7.55. The molecular formula is C9H19NO. The highest BCUT2D eigenvalue weighted by Crippen LogP contribution is 2.07. The first-order valence-corrected chi connectivity index (χ1v) is 4.06. The summed E-state index contributed by atoms with van der Waals surface area (Å²) < 4.78 is 5.00. The second-order valence-electron chi connectivity index (χ2n) is 3.08. The predicted molar refractivity (Wildman–Crippen MR) is 48.4 cm³/mol. The van der Waals surface area contributed by atoms with E-state index in [0.717, 1.165) is 19.4 Å². The molecule has 0 saturated carbocycles. The molecule has 66 valence electrons. The fraction of sp³-hybridized carbons (Fsp3) is 0.778. The van der Waals surface area contributed by atoms with Crippen LogP contribution in [0.15, 0.2) is 12.7 Å². The molecule has 0 amide bonds. The standard InChI is InChI=1S/C9H19NO/c1-4-5-9(10)6-8(2)7-11-3/h4,8-9H,1,5-7,10H2,2-3H3. The summed E-state index contributed by atoms with van der Waals surface area (Å²) in [6.45, 7) is 6.58. The van der Waals surface area contributed by atoms with Crippen LogP contribution in [0.3, 0.4) is 0 Å². The highest BCUT2D eigenvalue weighted by atomic mass is 16.5. The second-order valence-corrected chi connectivity index (χ2v) is 3.08. The summed E-state index contributed by atoms with van der Waals surface area (Å²) in [6, 6.07) is 0.248. The van der Waals surface area contributed by atoms with Crippen molar-refractivity contribution in [2.75, 3.05) is 13.7 Å². The summed E-state index contributed by atoms with van der Waals surface area (Å²) in [5, 5.41) is 0. The van der Waals surface area contributed by atoms with Crippen molar-refractivity contribution in [1.29, 1.82) is 0 Å². The van der Waals surface area contributed by atoms with Crippen molar-refractivity contribution in [2.24, 2.45) is 11.7 Å². The monoisotopic (exact) mass is 157 g/mol. The Morgan fingerprint density at radius 2 is 2.27 bits per heavy atom. The minimum absolute atomic E-state index is 0.248. The molecule has 0 fully saturated rings. The van der Waals surface area contributed by atoms with Gasteiger partial charge < -0.3 is 10.5 Å². The zero-order chi connectivity index (χ0) is 8.69. The molecule has 0 aliphatic heterocycles. The van der Waals surface area contributed by atoms with Crippen LogP contribution < -0.4 is 5.73 Å². The molecule has 2 nitrogen and oxygen atoms in total. The van der Waals surface area contributed by atoms with Gasteiger partial charge in [-0.3, -0.25) is 0 Å². The highest BCUT2D eigenvalue weighted by Gasteiger charge is 2.06. The van der Waals surface area contributed by atoms with Gasteiger partial charge in [0.25, 0.3) is 0 Å². The van der Waals surface area contributed by atoms with Crippen LogP contribution in [0.4, 0.5) is 0 Å². The molecule has 0 spiro atoms. The highest BCUT2D eigenvalue weighted by molar-refractivity contribution is 4.76. The van der Waals surface area contributed by atoms with Gasteiger partial charge in [-0.25, -0.2) is 0 Å². The summed E-state index contributed by atoms with van der Waals surface area (Å²) in [4.78, 5) is 0. The van der Waals surface area contributed by atoms with Crippen LogP contribution >= 0.6 is 0 Å². The van der Waals surface area contributed by atoms with E-state index in [1.165, 1.54) is 0 Å². The summed E-state index contributed by atoms with van der Waals surface area (Å²) in [5.41, 5.74) is 5.79. The zero-order valence-corrected chi connectivity index (χ0v) is 7.55. The Morgan fingerprint density at radius 3 is 2.73 bits per heavy atom. The number of hydrogen-bond donors (Lipinski definition) is 1. The van der Waals surface area contributed by atoms with E-state index in [1.807, 2.05) is 6.08 Å². The molecule has 2 atom stereocenters. The van der Waals surface area contributed by atoms with Gasteiger partial charge in [0.2, 0.25) is 0 Å². The van der Waals surface area contributed by atoms with Crippen LogP contribution in [0.2, 0.25) is 0 Å². The third kappa shape index (κ3) is 6.07. The van der Waals surface area contributed by atoms with Crippen molar-refractivity contribution >= 4 is 0 Å². The maximum Gasteiger partial charge on any atom is 0.0488 e. The average molecular weight is 157 g/mol. The largest absolute Gasteiger partial charge is 0.384 e. The maximum absolute atomic E-state index is 5.79. The van der Waals surface area contributed by atoms with E-state index in [0.29, 0.717) is 5.92 Å². The second kappa shape index (κ2) is 6.38. The van der Waals surface area contributed by atoms with Gasteiger partial charge in [0, 0.05) is 19.8 Å². The van der Waals surface area contributed by atoms with Crippen LogP contribution in [0.5, 0.6) is 0 Å². The van der Waals surface area contributed by atoms with E-state index in [9.17, 15) is 0 Å². The molecule has 11 heavy (non-hydrogen) atoms.